The minimum Gasteiger partial charge on any atom is -0.467 e. The van der Waals surface area contributed by atoms with E-state index >= 15 is 0 Å². The second-order valence-corrected chi connectivity index (χ2v) is 5.81. The number of esters is 1. The molecule has 1 aromatic carbocycles. The number of para-hydroxylation sites is 1. The number of alkyl halides is 2. The summed E-state index contributed by atoms with van der Waals surface area (Å²) in [5.74, 6) is -0.974. The van der Waals surface area contributed by atoms with E-state index in [0.717, 1.165) is 7.11 Å². The molecule has 1 unspecified atom stereocenters. The zero-order valence-electron chi connectivity index (χ0n) is 10.3. The molecular weight excluding hydrogens is 281 g/mol. The van der Waals surface area contributed by atoms with Gasteiger partial charge in [0.1, 0.15) is 5.75 Å². The molecular formula is C11H13F2O5P. The van der Waals surface area contributed by atoms with E-state index in [9.17, 15) is 18.1 Å². The van der Waals surface area contributed by atoms with E-state index in [0.29, 0.717) is 6.92 Å². The van der Waals surface area contributed by atoms with Crippen LogP contribution in [0.1, 0.15) is 6.92 Å². The summed E-state index contributed by atoms with van der Waals surface area (Å²) < 4.78 is 52.1. The molecule has 0 N–H and O–H groups in total. The number of ether oxygens (including phenoxy) is 1. The maximum atomic E-state index is 13.3. The van der Waals surface area contributed by atoms with Crippen LogP contribution in [0.3, 0.4) is 0 Å². The summed E-state index contributed by atoms with van der Waals surface area (Å²) in [5, 5.41) is 0. The first-order valence-electron chi connectivity index (χ1n) is 5.22. The smallest absolute Gasteiger partial charge is 0.448 e. The summed E-state index contributed by atoms with van der Waals surface area (Å²) >= 11 is 0. The molecule has 0 bridgehead atoms. The topological polar surface area (TPSA) is 61.8 Å². The Hall–Kier alpha value is -1.46. The summed E-state index contributed by atoms with van der Waals surface area (Å²) in [6.45, 7) is -0.488. The average molecular weight is 294 g/mol. The van der Waals surface area contributed by atoms with E-state index in [4.69, 9.17) is 4.52 Å². The number of carbonyl (C=O) groups is 1. The van der Waals surface area contributed by atoms with Crippen LogP contribution >= 0.6 is 7.60 Å². The van der Waals surface area contributed by atoms with Gasteiger partial charge in [-0.25, -0.2) is 9.36 Å². The monoisotopic (exact) mass is 294 g/mol. The minimum atomic E-state index is -4.83. The Balaban J connectivity index is 2.88. The number of benzene rings is 1. The molecule has 0 heterocycles. The predicted octanol–water partition coefficient (Wildman–Crippen LogP) is 3.06. The van der Waals surface area contributed by atoms with Crippen molar-refractivity contribution in [2.75, 3.05) is 13.7 Å². The standard InChI is InChI=1S/C11H13F2O5P/c1-11(12,13)19(15,17-8-10(14)16-2)18-9-6-4-3-5-7-9/h3-7H,8H2,1-2H3. The fourth-order valence-corrected chi connectivity index (χ4v) is 2.15. The first-order chi connectivity index (χ1) is 8.78. The van der Waals surface area contributed by atoms with Crippen LogP contribution in [0.25, 0.3) is 0 Å². The highest BCUT2D eigenvalue weighted by atomic mass is 31.2. The number of halogens is 2. The number of hydrogen-bond donors (Lipinski definition) is 0. The molecule has 19 heavy (non-hydrogen) atoms. The van der Waals surface area contributed by atoms with Gasteiger partial charge < -0.3 is 9.26 Å². The Morgan fingerprint density at radius 3 is 2.37 bits per heavy atom. The highest BCUT2D eigenvalue weighted by Gasteiger charge is 2.51. The minimum absolute atomic E-state index is 0.0442. The molecule has 0 aliphatic carbocycles. The third kappa shape index (κ3) is 4.29. The molecule has 106 valence electrons. The van der Waals surface area contributed by atoms with Crippen molar-refractivity contribution in [3.63, 3.8) is 0 Å². The van der Waals surface area contributed by atoms with Crippen LogP contribution in [0.5, 0.6) is 5.75 Å². The van der Waals surface area contributed by atoms with Crippen LogP contribution in [-0.4, -0.2) is 25.3 Å². The van der Waals surface area contributed by atoms with Crippen LogP contribution in [-0.2, 0) is 18.6 Å². The second-order valence-electron chi connectivity index (χ2n) is 3.59. The molecule has 0 aliphatic heterocycles. The van der Waals surface area contributed by atoms with Gasteiger partial charge in [-0.1, -0.05) is 18.2 Å². The van der Waals surface area contributed by atoms with E-state index in [-0.39, 0.29) is 5.75 Å². The van der Waals surface area contributed by atoms with E-state index in [1.807, 2.05) is 0 Å². The summed E-state index contributed by atoms with van der Waals surface area (Å²) in [4.78, 5) is 10.9. The van der Waals surface area contributed by atoms with E-state index in [1.165, 1.54) is 24.3 Å². The lowest BCUT2D eigenvalue weighted by Crippen LogP contribution is -2.20. The van der Waals surface area contributed by atoms with Gasteiger partial charge in [-0.15, -0.1) is 0 Å². The van der Waals surface area contributed by atoms with Gasteiger partial charge in [-0.05, 0) is 12.1 Å². The SMILES string of the molecule is COC(=O)COP(=O)(Oc1ccccc1)C(C)(F)F. The molecule has 1 atom stereocenters. The van der Waals surface area contributed by atoms with Crippen molar-refractivity contribution in [2.24, 2.45) is 0 Å². The van der Waals surface area contributed by atoms with Gasteiger partial charge >= 0.3 is 19.2 Å². The van der Waals surface area contributed by atoms with Gasteiger partial charge in [0.05, 0.1) is 7.11 Å². The van der Waals surface area contributed by atoms with Crippen molar-refractivity contribution in [3.8, 4) is 5.75 Å². The van der Waals surface area contributed by atoms with Crippen LogP contribution in [0.2, 0.25) is 0 Å². The lowest BCUT2D eigenvalue weighted by atomic mass is 10.3. The third-order valence-electron chi connectivity index (χ3n) is 2.03. The summed E-state index contributed by atoms with van der Waals surface area (Å²) in [6.07, 6.45) is 0. The van der Waals surface area contributed by atoms with Crippen molar-refractivity contribution < 1.29 is 31.9 Å². The van der Waals surface area contributed by atoms with Crippen molar-refractivity contribution >= 4 is 13.6 Å². The highest BCUT2D eigenvalue weighted by molar-refractivity contribution is 7.55. The molecule has 0 radical (unpaired) electrons. The molecule has 0 aliphatic rings. The lowest BCUT2D eigenvalue weighted by molar-refractivity contribution is -0.143. The normalized spacial score (nSPS) is 14.5. The molecule has 0 fully saturated rings. The van der Waals surface area contributed by atoms with Crippen LogP contribution in [0.15, 0.2) is 30.3 Å². The van der Waals surface area contributed by atoms with Gasteiger partial charge in [0.25, 0.3) is 0 Å². The predicted molar refractivity (Wildman–Crippen MR) is 63.3 cm³/mol. The number of hydrogen-bond acceptors (Lipinski definition) is 5. The quantitative estimate of drug-likeness (QED) is 0.596. The Bertz CT molecular complexity index is 472. The summed E-state index contributed by atoms with van der Waals surface area (Å²) in [6, 6.07) is 7.37. The maximum absolute atomic E-state index is 13.3. The Labute approximate surface area is 109 Å². The molecule has 0 saturated carbocycles. The van der Waals surface area contributed by atoms with Crippen molar-refractivity contribution in [2.45, 2.75) is 12.6 Å². The Morgan fingerprint density at radius 2 is 1.89 bits per heavy atom. The van der Waals surface area contributed by atoms with Gasteiger partial charge in [0.15, 0.2) is 6.61 Å². The van der Waals surface area contributed by atoms with Crippen LogP contribution in [0, 0.1) is 0 Å². The van der Waals surface area contributed by atoms with Crippen LogP contribution in [0.4, 0.5) is 8.78 Å². The molecule has 0 spiro atoms. The van der Waals surface area contributed by atoms with Crippen molar-refractivity contribution in [1.29, 1.82) is 0 Å². The number of methoxy groups -OCH3 is 1. The first-order valence-corrected chi connectivity index (χ1v) is 6.77. The van der Waals surface area contributed by atoms with Gasteiger partial charge in [0, 0.05) is 6.92 Å². The van der Waals surface area contributed by atoms with Crippen molar-refractivity contribution in [1.82, 2.24) is 0 Å². The van der Waals surface area contributed by atoms with E-state index < -0.39 is 25.8 Å². The number of carbonyl (C=O) groups excluding carboxylic acids is 1. The van der Waals surface area contributed by atoms with Gasteiger partial charge in [-0.2, -0.15) is 8.78 Å². The third-order valence-corrected chi connectivity index (χ3v) is 3.91. The first kappa shape index (κ1) is 15.6. The zero-order chi connectivity index (χ0) is 14.5. The second kappa shape index (κ2) is 6.12. The lowest BCUT2D eigenvalue weighted by Gasteiger charge is -2.23. The van der Waals surface area contributed by atoms with Crippen molar-refractivity contribution in [3.05, 3.63) is 30.3 Å². The van der Waals surface area contributed by atoms with Gasteiger partial charge in [-0.3, -0.25) is 4.52 Å². The van der Waals surface area contributed by atoms with Crippen LogP contribution < -0.4 is 4.52 Å². The maximum Gasteiger partial charge on any atom is 0.448 e. The zero-order valence-corrected chi connectivity index (χ0v) is 11.2. The summed E-state index contributed by atoms with van der Waals surface area (Å²) in [5.41, 5.74) is -3.75. The fraction of sp³-hybridized carbons (Fsp3) is 0.364. The fourth-order valence-electron chi connectivity index (χ4n) is 1.04. The molecule has 8 heteroatoms. The van der Waals surface area contributed by atoms with E-state index in [2.05, 4.69) is 9.26 Å². The molecule has 5 nitrogen and oxygen atoms in total. The number of rotatable bonds is 6. The molecule has 1 aromatic rings. The average Bonchev–Trinajstić information content (AvgIpc) is 2.36. The summed E-state index contributed by atoms with van der Waals surface area (Å²) in [7, 11) is -3.77. The van der Waals surface area contributed by atoms with Gasteiger partial charge in [0.2, 0.25) is 0 Å². The Morgan fingerprint density at radius 1 is 1.32 bits per heavy atom. The molecule has 0 saturated heterocycles. The molecule has 1 rings (SSSR count). The Kier molecular flexibility index (Phi) is 5.03. The van der Waals surface area contributed by atoms with E-state index in [1.54, 1.807) is 6.07 Å². The molecule has 0 aromatic heterocycles. The molecule has 0 amide bonds. The largest absolute Gasteiger partial charge is 0.467 e. The highest BCUT2D eigenvalue weighted by Crippen LogP contribution is 2.61.